The van der Waals surface area contributed by atoms with Crippen LogP contribution in [0.25, 0.3) is 0 Å². The fourth-order valence-corrected chi connectivity index (χ4v) is 4.40. The van der Waals surface area contributed by atoms with E-state index in [9.17, 15) is 14.4 Å². The van der Waals surface area contributed by atoms with E-state index in [2.05, 4.69) is 10.3 Å². The summed E-state index contributed by atoms with van der Waals surface area (Å²) in [4.78, 5) is 45.7. The molecule has 3 N–H and O–H groups in total. The molecule has 8 nitrogen and oxygen atoms in total. The normalized spacial score (nSPS) is 22.2. The second-order valence-corrected chi connectivity index (χ2v) is 9.18. The Kier molecular flexibility index (Phi) is 5.87. The van der Waals surface area contributed by atoms with E-state index in [0.29, 0.717) is 18.8 Å². The van der Waals surface area contributed by atoms with Gasteiger partial charge in [0.1, 0.15) is 11.8 Å². The lowest BCUT2D eigenvalue weighted by molar-refractivity contribution is -0.140. The number of nitrogens with two attached hydrogens (primary N) is 1. The SMILES string of the molecule is CN=C(C(=O)NC(C(=O)N1CC2CC1CN2C(N)=O)C(C)(C)C)c1ccccc1C. The van der Waals surface area contributed by atoms with Crippen molar-refractivity contribution in [3.05, 3.63) is 35.4 Å². The molecule has 3 atom stereocenters. The molecule has 1 aromatic carbocycles. The maximum Gasteiger partial charge on any atom is 0.315 e. The zero-order chi connectivity index (χ0) is 22.2. The average Bonchev–Trinajstić information content (AvgIpc) is 3.27. The Morgan fingerprint density at radius 2 is 1.73 bits per heavy atom. The zero-order valence-corrected chi connectivity index (χ0v) is 18.3. The Labute approximate surface area is 177 Å². The molecule has 1 aromatic rings. The van der Waals surface area contributed by atoms with Crippen LogP contribution in [0.3, 0.4) is 0 Å². The van der Waals surface area contributed by atoms with E-state index in [1.54, 1.807) is 16.8 Å². The second kappa shape index (κ2) is 8.08. The van der Waals surface area contributed by atoms with Gasteiger partial charge in [-0.3, -0.25) is 14.6 Å². The molecule has 2 aliphatic rings. The molecule has 2 aliphatic heterocycles. The largest absolute Gasteiger partial charge is 0.351 e. The molecule has 0 saturated carbocycles. The third-order valence-corrected chi connectivity index (χ3v) is 6.03. The van der Waals surface area contributed by atoms with Crippen LogP contribution in [0.15, 0.2) is 29.3 Å². The first kappa shape index (κ1) is 21.8. The summed E-state index contributed by atoms with van der Waals surface area (Å²) < 4.78 is 0. The summed E-state index contributed by atoms with van der Waals surface area (Å²) in [6.07, 6.45) is 0.727. The molecule has 2 fully saturated rings. The number of likely N-dealkylation sites (tertiary alicyclic amines) is 2. The highest BCUT2D eigenvalue weighted by Crippen LogP contribution is 2.33. The second-order valence-electron chi connectivity index (χ2n) is 9.18. The van der Waals surface area contributed by atoms with E-state index in [-0.39, 0.29) is 23.9 Å². The van der Waals surface area contributed by atoms with Gasteiger partial charge in [-0.15, -0.1) is 0 Å². The number of urea groups is 1. The molecule has 3 rings (SSSR count). The number of carbonyl (C=O) groups excluding carboxylic acids is 3. The first-order chi connectivity index (χ1) is 14.0. The van der Waals surface area contributed by atoms with Crippen LogP contribution in [0, 0.1) is 12.3 Å². The molecule has 0 aliphatic carbocycles. The van der Waals surface area contributed by atoms with Gasteiger partial charge in [0.15, 0.2) is 0 Å². The number of nitrogens with zero attached hydrogens (tertiary/aromatic N) is 3. The number of aliphatic imine (C=N–C) groups is 1. The highest BCUT2D eigenvalue weighted by molar-refractivity contribution is 6.45. The minimum absolute atomic E-state index is 0.0486. The summed E-state index contributed by atoms with van der Waals surface area (Å²) in [5, 5.41) is 2.94. The molecular weight excluding hydrogens is 382 g/mol. The van der Waals surface area contributed by atoms with Gasteiger partial charge >= 0.3 is 6.03 Å². The van der Waals surface area contributed by atoms with Gasteiger partial charge in [-0.2, -0.15) is 0 Å². The van der Waals surface area contributed by atoms with E-state index < -0.39 is 17.5 Å². The Hall–Kier alpha value is -2.90. The molecule has 3 unspecified atom stereocenters. The predicted octanol–water partition coefficient (Wildman–Crippen LogP) is 1.31. The number of fused-ring (bicyclic) bond motifs is 2. The molecule has 4 amide bonds. The molecule has 0 spiro atoms. The van der Waals surface area contributed by atoms with E-state index in [4.69, 9.17) is 5.73 Å². The third-order valence-electron chi connectivity index (χ3n) is 6.03. The standard InChI is InChI=1S/C22H31N5O3/c1-13-8-6-7-9-16(13)17(24-5)19(28)25-18(22(2,3)4)20(29)26-11-15-10-14(26)12-27(15)21(23)30/h6-9,14-15,18H,10-12H2,1-5H3,(H2,23,30)(H,25,28). The van der Waals surface area contributed by atoms with Crippen molar-refractivity contribution >= 4 is 23.6 Å². The van der Waals surface area contributed by atoms with Gasteiger partial charge in [0, 0.05) is 25.7 Å². The summed E-state index contributed by atoms with van der Waals surface area (Å²) in [6.45, 7) is 8.59. The Bertz CT molecular complexity index is 889. The molecule has 2 heterocycles. The number of hydrogen-bond donors (Lipinski definition) is 2. The third kappa shape index (κ3) is 4.04. The Balaban J connectivity index is 1.79. The van der Waals surface area contributed by atoms with Gasteiger partial charge in [0.25, 0.3) is 5.91 Å². The molecule has 2 bridgehead atoms. The number of primary amides is 1. The molecule has 30 heavy (non-hydrogen) atoms. The van der Waals surface area contributed by atoms with Crippen LogP contribution in [-0.4, -0.2) is 71.6 Å². The predicted molar refractivity (Wildman–Crippen MR) is 115 cm³/mol. The molecule has 2 saturated heterocycles. The van der Waals surface area contributed by atoms with Gasteiger partial charge in [-0.25, -0.2) is 4.79 Å². The number of benzene rings is 1. The van der Waals surface area contributed by atoms with Crippen LogP contribution in [0.4, 0.5) is 4.79 Å². The van der Waals surface area contributed by atoms with Crippen LogP contribution >= 0.6 is 0 Å². The number of nitrogens with one attached hydrogen (secondary N) is 1. The summed E-state index contributed by atoms with van der Waals surface area (Å²) in [5.74, 6) is -0.504. The van der Waals surface area contributed by atoms with Gasteiger partial charge in [-0.05, 0) is 24.3 Å². The highest BCUT2D eigenvalue weighted by atomic mass is 16.2. The smallest absolute Gasteiger partial charge is 0.315 e. The molecule has 8 heteroatoms. The van der Waals surface area contributed by atoms with Gasteiger partial charge < -0.3 is 20.9 Å². The quantitative estimate of drug-likeness (QED) is 0.727. The Morgan fingerprint density at radius 1 is 1.13 bits per heavy atom. The molecule has 0 radical (unpaired) electrons. The molecule has 162 valence electrons. The fourth-order valence-electron chi connectivity index (χ4n) is 4.40. The number of amides is 4. The summed E-state index contributed by atoms with van der Waals surface area (Å²) in [5.41, 5.74) is 6.92. The van der Waals surface area contributed by atoms with Crippen molar-refractivity contribution in [3.63, 3.8) is 0 Å². The maximum absolute atomic E-state index is 13.4. The lowest BCUT2D eigenvalue weighted by atomic mass is 9.85. The highest BCUT2D eigenvalue weighted by Gasteiger charge is 2.49. The van der Waals surface area contributed by atoms with E-state index in [1.807, 2.05) is 52.0 Å². The Morgan fingerprint density at radius 3 is 2.23 bits per heavy atom. The number of aryl methyl sites for hydroxylation is 1. The summed E-state index contributed by atoms with van der Waals surface area (Å²) >= 11 is 0. The van der Waals surface area contributed by atoms with Crippen LogP contribution < -0.4 is 11.1 Å². The monoisotopic (exact) mass is 413 g/mol. The molecule has 0 aromatic heterocycles. The van der Waals surface area contributed by atoms with Gasteiger partial charge in [0.05, 0.1) is 12.1 Å². The van der Waals surface area contributed by atoms with Crippen molar-refractivity contribution in [1.29, 1.82) is 0 Å². The van der Waals surface area contributed by atoms with E-state index >= 15 is 0 Å². The van der Waals surface area contributed by atoms with Crippen LogP contribution in [0.2, 0.25) is 0 Å². The summed E-state index contributed by atoms with van der Waals surface area (Å²) in [7, 11) is 1.58. The molecular formula is C22H31N5O3. The number of carbonyl (C=O) groups is 3. The number of piperazine rings is 1. The van der Waals surface area contributed by atoms with Crippen molar-refractivity contribution in [1.82, 2.24) is 15.1 Å². The van der Waals surface area contributed by atoms with Crippen molar-refractivity contribution in [3.8, 4) is 0 Å². The minimum atomic E-state index is -0.716. The number of rotatable bonds is 4. The van der Waals surface area contributed by atoms with Gasteiger partial charge in [0.2, 0.25) is 5.91 Å². The average molecular weight is 414 g/mol. The van der Waals surface area contributed by atoms with Crippen molar-refractivity contribution < 1.29 is 14.4 Å². The van der Waals surface area contributed by atoms with Crippen molar-refractivity contribution in [2.24, 2.45) is 16.1 Å². The minimum Gasteiger partial charge on any atom is -0.351 e. The maximum atomic E-state index is 13.4. The van der Waals surface area contributed by atoms with Crippen LogP contribution in [0.1, 0.15) is 38.3 Å². The summed E-state index contributed by atoms with van der Waals surface area (Å²) in [6, 6.07) is 6.26. The van der Waals surface area contributed by atoms with Crippen molar-refractivity contribution in [2.45, 2.75) is 52.2 Å². The lowest BCUT2D eigenvalue weighted by Crippen LogP contribution is -2.60. The van der Waals surface area contributed by atoms with E-state index in [1.165, 1.54) is 0 Å². The van der Waals surface area contributed by atoms with Crippen LogP contribution in [-0.2, 0) is 9.59 Å². The number of hydrogen-bond acceptors (Lipinski definition) is 4. The van der Waals surface area contributed by atoms with Crippen LogP contribution in [0.5, 0.6) is 0 Å². The van der Waals surface area contributed by atoms with E-state index in [0.717, 1.165) is 17.5 Å². The first-order valence-corrected chi connectivity index (χ1v) is 10.2. The lowest BCUT2D eigenvalue weighted by Gasteiger charge is -2.39. The first-order valence-electron chi connectivity index (χ1n) is 10.2. The topological polar surface area (TPSA) is 108 Å². The van der Waals surface area contributed by atoms with Crippen molar-refractivity contribution in [2.75, 3.05) is 20.1 Å². The fraction of sp³-hybridized carbons (Fsp3) is 0.545. The van der Waals surface area contributed by atoms with Gasteiger partial charge in [-0.1, -0.05) is 45.0 Å². The zero-order valence-electron chi connectivity index (χ0n) is 18.3.